The van der Waals surface area contributed by atoms with Crippen molar-refractivity contribution in [2.45, 2.75) is 32.2 Å². The molecule has 0 bridgehead atoms. The third-order valence-corrected chi connectivity index (χ3v) is 5.79. The van der Waals surface area contributed by atoms with Crippen molar-refractivity contribution in [2.24, 2.45) is 0 Å². The largest absolute Gasteiger partial charge is 0.495 e. The number of methoxy groups -OCH3 is 1. The highest BCUT2D eigenvalue weighted by atomic mass is 35.5. The van der Waals surface area contributed by atoms with Crippen molar-refractivity contribution in [2.75, 3.05) is 38.6 Å². The summed E-state index contributed by atoms with van der Waals surface area (Å²) in [5.74, 6) is 1.55. The van der Waals surface area contributed by atoms with E-state index in [1.807, 2.05) is 30.3 Å². The topological polar surface area (TPSA) is 42.1 Å². The molecule has 28 heavy (non-hydrogen) atoms. The maximum absolute atomic E-state index is 6.24. The van der Waals surface area contributed by atoms with Gasteiger partial charge >= 0.3 is 0 Å². The van der Waals surface area contributed by atoms with Crippen LogP contribution in [0, 0.1) is 0 Å². The van der Waals surface area contributed by atoms with Crippen molar-refractivity contribution in [1.29, 1.82) is 0 Å². The van der Waals surface area contributed by atoms with Gasteiger partial charge in [-0.05, 0) is 61.8 Å². The Morgan fingerprint density at radius 3 is 2.79 bits per heavy atom. The van der Waals surface area contributed by atoms with Gasteiger partial charge in [-0.1, -0.05) is 11.6 Å². The number of quaternary nitrogens is 1. The minimum atomic E-state index is 0.557. The van der Waals surface area contributed by atoms with E-state index in [0.717, 1.165) is 24.4 Å². The Labute approximate surface area is 177 Å². The number of piperidine rings is 1. The Bertz CT molecular complexity index is 748. The quantitative estimate of drug-likeness (QED) is 0.636. The number of nitrogens with one attached hydrogen (secondary N) is 2. The zero-order valence-electron chi connectivity index (χ0n) is 16.4. The van der Waals surface area contributed by atoms with E-state index in [9.17, 15) is 0 Å². The fraction of sp³-hybridized carbons (Fsp3) is 0.476. The van der Waals surface area contributed by atoms with E-state index in [-0.39, 0.29) is 0 Å². The van der Waals surface area contributed by atoms with Gasteiger partial charge in [-0.15, -0.1) is 0 Å². The number of rotatable bonds is 8. The summed E-state index contributed by atoms with van der Waals surface area (Å²) in [7, 11) is 1.61. The highest BCUT2D eigenvalue weighted by Gasteiger charge is 2.16. The first-order valence-electron chi connectivity index (χ1n) is 9.91. The molecule has 1 aliphatic heterocycles. The zero-order valence-corrected chi connectivity index (χ0v) is 18.0. The Balaban J connectivity index is 1.59. The van der Waals surface area contributed by atoms with Crippen LogP contribution < -0.4 is 15.0 Å². The van der Waals surface area contributed by atoms with Crippen LogP contribution in [0.1, 0.15) is 31.4 Å². The van der Waals surface area contributed by atoms with Gasteiger partial charge in [-0.2, -0.15) is 0 Å². The van der Waals surface area contributed by atoms with E-state index < -0.39 is 0 Å². The van der Waals surface area contributed by atoms with Gasteiger partial charge in [-0.3, -0.25) is 0 Å². The van der Waals surface area contributed by atoms with E-state index >= 15 is 0 Å². The number of likely N-dealkylation sites (tertiary alicyclic amines) is 1. The number of nitrogens with zero attached hydrogens (tertiary/aromatic N) is 1. The van der Waals surface area contributed by atoms with Crippen molar-refractivity contribution in [3.05, 3.63) is 47.4 Å². The molecule has 0 spiro atoms. The van der Waals surface area contributed by atoms with Crippen molar-refractivity contribution in [1.82, 2.24) is 4.90 Å². The number of hydrogen-bond acceptors (Lipinski definition) is 3. The number of ether oxygens (including phenoxy) is 1. The van der Waals surface area contributed by atoms with Crippen LogP contribution >= 0.6 is 23.8 Å². The third kappa shape index (κ3) is 6.12. The first-order valence-corrected chi connectivity index (χ1v) is 10.7. The number of hydrogen-bond donors (Lipinski definition) is 2. The average Bonchev–Trinajstić information content (AvgIpc) is 3.21. The van der Waals surface area contributed by atoms with Crippen molar-refractivity contribution in [3.8, 4) is 5.75 Å². The summed E-state index contributed by atoms with van der Waals surface area (Å²) in [5, 5.41) is 4.53. The maximum Gasteiger partial charge on any atom is 0.173 e. The molecule has 1 aliphatic rings. The maximum atomic E-state index is 6.24. The second-order valence-corrected chi connectivity index (χ2v) is 7.99. The SMILES string of the molecule is COc1ccc(NC(=S)N(CCC[NH+]2CCCCC2)Cc2ccco2)cc1Cl. The lowest BCUT2D eigenvalue weighted by Gasteiger charge is -2.27. The van der Waals surface area contributed by atoms with E-state index in [0.29, 0.717) is 22.4 Å². The summed E-state index contributed by atoms with van der Waals surface area (Å²) < 4.78 is 10.8. The molecule has 0 amide bonds. The Kier molecular flexibility index (Phi) is 8.01. The molecule has 1 saturated heterocycles. The van der Waals surface area contributed by atoms with Crippen LogP contribution in [-0.2, 0) is 6.54 Å². The summed E-state index contributed by atoms with van der Waals surface area (Å²) in [4.78, 5) is 3.88. The molecule has 1 aromatic carbocycles. The molecule has 5 nitrogen and oxygen atoms in total. The van der Waals surface area contributed by atoms with Gasteiger partial charge < -0.3 is 24.3 Å². The molecule has 1 fully saturated rings. The first kappa shape index (κ1) is 21.0. The lowest BCUT2D eigenvalue weighted by molar-refractivity contribution is -0.905. The molecule has 0 saturated carbocycles. The molecule has 0 unspecified atom stereocenters. The minimum absolute atomic E-state index is 0.557. The standard InChI is InChI=1S/C21H28ClN3O2S/c1-26-20-9-8-17(15-19(20)22)23-21(28)25(16-18-7-5-14-27-18)13-6-12-24-10-3-2-4-11-24/h5,7-9,14-15H,2-4,6,10-13,16H2,1H3,(H,23,28)/p+1. The fourth-order valence-electron chi connectivity index (χ4n) is 3.61. The normalized spacial score (nSPS) is 14.6. The van der Waals surface area contributed by atoms with E-state index in [1.54, 1.807) is 18.3 Å². The second kappa shape index (κ2) is 10.7. The van der Waals surface area contributed by atoms with Gasteiger partial charge in [0.05, 0.1) is 44.6 Å². The van der Waals surface area contributed by atoms with Crippen LogP contribution in [0.2, 0.25) is 5.02 Å². The monoisotopic (exact) mass is 422 g/mol. The van der Waals surface area contributed by atoms with Crippen LogP contribution in [0.4, 0.5) is 5.69 Å². The summed E-state index contributed by atoms with van der Waals surface area (Å²) in [6, 6.07) is 9.47. The van der Waals surface area contributed by atoms with Crippen LogP contribution in [0.25, 0.3) is 0 Å². The van der Waals surface area contributed by atoms with Crippen molar-refractivity contribution >= 4 is 34.6 Å². The van der Waals surface area contributed by atoms with Gasteiger partial charge in [0, 0.05) is 18.7 Å². The number of thiocarbonyl (C=S) groups is 1. The molecule has 152 valence electrons. The third-order valence-electron chi connectivity index (χ3n) is 5.14. The molecular weight excluding hydrogens is 394 g/mol. The van der Waals surface area contributed by atoms with Crippen LogP contribution in [0.3, 0.4) is 0 Å². The molecular formula is C21H29ClN3O2S+. The first-order chi connectivity index (χ1) is 13.7. The second-order valence-electron chi connectivity index (χ2n) is 7.19. The van der Waals surface area contributed by atoms with E-state index in [2.05, 4.69) is 10.2 Å². The van der Waals surface area contributed by atoms with E-state index in [4.69, 9.17) is 33.0 Å². The van der Waals surface area contributed by atoms with Gasteiger partial charge in [0.1, 0.15) is 11.5 Å². The molecule has 1 aromatic heterocycles. The van der Waals surface area contributed by atoms with E-state index in [1.165, 1.54) is 38.9 Å². The van der Waals surface area contributed by atoms with Gasteiger partial charge in [-0.25, -0.2) is 0 Å². The highest BCUT2D eigenvalue weighted by molar-refractivity contribution is 7.80. The molecule has 2 N–H and O–H groups in total. The summed E-state index contributed by atoms with van der Waals surface area (Å²) in [5.41, 5.74) is 0.849. The van der Waals surface area contributed by atoms with Gasteiger partial charge in [0.2, 0.25) is 0 Å². The summed E-state index contributed by atoms with van der Waals surface area (Å²) in [6.45, 7) is 5.32. The number of anilines is 1. The number of halogens is 1. The molecule has 2 aromatic rings. The lowest BCUT2D eigenvalue weighted by Crippen LogP contribution is -3.12. The molecule has 2 heterocycles. The predicted molar refractivity (Wildman–Crippen MR) is 117 cm³/mol. The zero-order chi connectivity index (χ0) is 19.8. The summed E-state index contributed by atoms with van der Waals surface area (Å²) >= 11 is 11.9. The molecule has 0 aliphatic carbocycles. The van der Waals surface area contributed by atoms with Crippen molar-refractivity contribution < 1.29 is 14.1 Å². The van der Waals surface area contributed by atoms with Crippen LogP contribution in [0.15, 0.2) is 41.0 Å². The smallest absolute Gasteiger partial charge is 0.173 e. The number of furan rings is 1. The van der Waals surface area contributed by atoms with Crippen molar-refractivity contribution in [3.63, 3.8) is 0 Å². The molecule has 7 heteroatoms. The Hall–Kier alpha value is -1.76. The Morgan fingerprint density at radius 2 is 2.11 bits per heavy atom. The molecule has 0 atom stereocenters. The number of benzene rings is 1. The lowest BCUT2D eigenvalue weighted by atomic mass is 10.1. The molecule has 3 rings (SSSR count). The fourth-order valence-corrected chi connectivity index (χ4v) is 4.14. The van der Waals surface area contributed by atoms with Gasteiger partial charge in [0.15, 0.2) is 5.11 Å². The molecule has 0 radical (unpaired) electrons. The summed E-state index contributed by atoms with van der Waals surface area (Å²) in [6.07, 6.45) is 6.88. The highest BCUT2D eigenvalue weighted by Crippen LogP contribution is 2.27. The predicted octanol–water partition coefficient (Wildman–Crippen LogP) is 3.60. The Morgan fingerprint density at radius 1 is 1.29 bits per heavy atom. The van der Waals surface area contributed by atoms with Crippen LogP contribution in [0.5, 0.6) is 5.75 Å². The van der Waals surface area contributed by atoms with Crippen LogP contribution in [-0.4, -0.2) is 43.3 Å². The average molecular weight is 423 g/mol. The minimum Gasteiger partial charge on any atom is -0.495 e. The van der Waals surface area contributed by atoms with Gasteiger partial charge in [0.25, 0.3) is 0 Å².